The molecule has 1 heterocycles. The van der Waals surface area contributed by atoms with Gasteiger partial charge in [0.2, 0.25) is 10.0 Å². The third-order valence-electron chi connectivity index (χ3n) is 3.11. The Morgan fingerprint density at radius 3 is 2.80 bits per heavy atom. The maximum absolute atomic E-state index is 12.3. The maximum atomic E-state index is 12.3. The third-order valence-corrected chi connectivity index (χ3v) is 6.04. The number of nitrogens with one attached hydrogen (secondary N) is 1. The Bertz CT molecular complexity index is 650. The SMILES string of the molecule is Cc1sc(Cl)cc1S(=O)(=O)N[C@H]1C=CC[C@H](C(=O)O)C1. The van der Waals surface area contributed by atoms with Crippen molar-refractivity contribution in [3.8, 4) is 0 Å². The van der Waals surface area contributed by atoms with E-state index in [1.165, 1.54) is 17.4 Å². The highest BCUT2D eigenvalue weighted by molar-refractivity contribution is 7.89. The summed E-state index contributed by atoms with van der Waals surface area (Å²) in [4.78, 5) is 11.7. The molecule has 2 atom stereocenters. The van der Waals surface area contributed by atoms with Gasteiger partial charge in [0.15, 0.2) is 0 Å². The lowest BCUT2D eigenvalue weighted by molar-refractivity contribution is -0.142. The zero-order chi connectivity index (χ0) is 14.9. The Morgan fingerprint density at radius 2 is 2.25 bits per heavy atom. The van der Waals surface area contributed by atoms with Crippen LogP contribution < -0.4 is 4.72 Å². The molecule has 1 aromatic heterocycles. The summed E-state index contributed by atoms with van der Waals surface area (Å²) < 4.78 is 27.5. The maximum Gasteiger partial charge on any atom is 0.306 e. The summed E-state index contributed by atoms with van der Waals surface area (Å²) in [6.45, 7) is 1.68. The van der Waals surface area contributed by atoms with Gasteiger partial charge >= 0.3 is 5.97 Å². The predicted molar refractivity (Wildman–Crippen MR) is 77.7 cm³/mol. The molecule has 0 saturated carbocycles. The Morgan fingerprint density at radius 1 is 1.55 bits per heavy atom. The molecular weight excluding hydrogens is 322 g/mol. The lowest BCUT2D eigenvalue weighted by Crippen LogP contribution is -2.37. The van der Waals surface area contributed by atoms with Gasteiger partial charge in [-0.25, -0.2) is 13.1 Å². The summed E-state index contributed by atoms with van der Waals surface area (Å²) in [6.07, 6.45) is 4.07. The Balaban J connectivity index is 2.17. The molecule has 110 valence electrons. The number of halogens is 1. The molecule has 20 heavy (non-hydrogen) atoms. The minimum Gasteiger partial charge on any atom is -0.481 e. The van der Waals surface area contributed by atoms with Gasteiger partial charge in [-0.1, -0.05) is 23.8 Å². The fourth-order valence-corrected chi connectivity index (χ4v) is 5.17. The van der Waals surface area contributed by atoms with Crippen LogP contribution in [0.5, 0.6) is 0 Å². The molecule has 0 unspecified atom stereocenters. The number of sulfonamides is 1. The van der Waals surface area contributed by atoms with E-state index in [1.807, 2.05) is 0 Å². The van der Waals surface area contributed by atoms with E-state index in [2.05, 4.69) is 4.72 Å². The zero-order valence-corrected chi connectivity index (χ0v) is 13.1. The second kappa shape index (κ2) is 5.85. The van der Waals surface area contributed by atoms with Crippen LogP contribution in [0.25, 0.3) is 0 Å². The molecule has 0 amide bonds. The van der Waals surface area contributed by atoms with Gasteiger partial charge in [0.25, 0.3) is 0 Å². The molecule has 0 fully saturated rings. The molecule has 8 heteroatoms. The number of rotatable bonds is 4. The van der Waals surface area contributed by atoms with Crippen molar-refractivity contribution >= 4 is 38.9 Å². The fourth-order valence-electron chi connectivity index (χ4n) is 2.14. The second-order valence-electron chi connectivity index (χ2n) is 4.63. The summed E-state index contributed by atoms with van der Waals surface area (Å²) in [5.41, 5.74) is 0. The van der Waals surface area contributed by atoms with Gasteiger partial charge in [0.05, 0.1) is 15.1 Å². The van der Waals surface area contributed by atoms with Crippen LogP contribution in [-0.4, -0.2) is 25.5 Å². The number of allylic oxidation sites excluding steroid dienone is 1. The smallest absolute Gasteiger partial charge is 0.306 e. The van der Waals surface area contributed by atoms with E-state index in [9.17, 15) is 13.2 Å². The molecule has 2 rings (SSSR count). The van der Waals surface area contributed by atoms with E-state index in [1.54, 1.807) is 19.1 Å². The quantitative estimate of drug-likeness (QED) is 0.828. The molecule has 1 aliphatic carbocycles. The van der Waals surface area contributed by atoms with Crippen LogP contribution in [0.4, 0.5) is 0 Å². The number of carboxylic acid groups (broad SMARTS) is 1. The minimum atomic E-state index is -3.69. The van der Waals surface area contributed by atoms with Crippen LogP contribution in [0.15, 0.2) is 23.1 Å². The number of hydrogen-bond acceptors (Lipinski definition) is 4. The molecule has 1 aromatic rings. The lowest BCUT2D eigenvalue weighted by Gasteiger charge is -2.22. The van der Waals surface area contributed by atoms with Crippen LogP contribution >= 0.6 is 22.9 Å². The Kier molecular flexibility index (Phi) is 4.53. The van der Waals surface area contributed by atoms with E-state index in [-0.39, 0.29) is 11.3 Å². The van der Waals surface area contributed by atoms with Crippen LogP contribution in [0, 0.1) is 12.8 Å². The molecular formula is C12H14ClNO4S2. The second-order valence-corrected chi connectivity index (χ2v) is 8.20. The largest absolute Gasteiger partial charge is 0.481 e. The topological polar surface area (TPSA) is 83.5 Å². The Hall–Kier alpha value is -0.890. The summed E-state index contributed by atoms with van der Waals surface area (Å²) in [7, 11) is -3.69. The number of hydrogen-bond donors (Lipinski definition) is 2. The van der Waals surface area contributed by atoms with Gasteiger partial charge in [0, 0.05) is 10.9 Å². The number of aliphatic carboxylic acids is 1. The standard InChI is InChI=1S/C12H14ClNO4S2/c1-7-10(6-11(13)19-7)20(17,18)14-9-4-2-3-8(5-9)12(15)16/h2,4,6,8-9,14H,3,5H2,1H3,(H,15,16)/t8-,9-/m0/s1. The molecule has 1 aliphatic rings. The summed E-state index contributed by atoms with van der Waals surface area (Å²) in [5, 5.41) is 8.99. The fraction of sp³-hybridized carbons (Fsp3) is 0.417. The molecule has 5 nitrogen and oxygen atoms in total. The highest BCUT2D eigenvalue weighted by Crippen LogP contribution is 2.30. The molecule has 0 saturated heterocycles. The van der Waals surface area contributed by atoms with Gasteiger partial charge < -0.3 is 5.11 Å². The normalized spacial score (nSPS) is 22.9. The molecule has 2 N–H and O–H groups in total. The average molecular weight is 336 g/mol. The van der Waals surface area contributed by atoms with E-state index in [0.717, 1.165) is 0 Å². The van der Waals surface area contributed by atoms with Crippen LogP contribution in [-0.2, 0) is 14.8 Å². The van der Waals surface area contributed by atoms with Gasteiger partial charge in [-0.15, -0.1) is 11.3 Å². The first kappa shape index (κ1) is 15.5. The highest BCUT2D eigenvalue weighted by Gasteiger charge is 2.28. The zero-order valence-electron chi connectivity index (χ0n) is 10.7. The number of carbonyl (C=O) groups is 1. The number of carboxylic acids is 1. The van der Waals surface area contributed by atoms with E-state index < -0.39 is 28.0 Å². The monoisotopic (exact) mass is 335 g/mol. The van der Waals surface area contributed by atoms with Crippen molar-refractivity contribution < 1.29 is 18.3 Å². The first-order chi connectivity index (χ1) is 9.29. The number of aryl methyl sites for hydroxylation is 1. The highest BCUT2D eigenvalue weighted by atomic mass is 35.5. The van der Waals surface area contributed by atoms with Crippen molar-refractivity contribution in [1.29, 1.82) is 0 Å². The molecule has 0 aliphatic heterocycles. The van der Waals surface area contributed by atoms with Gasteiger partial charge in [0.1, 0.15) is 0 Å². The molecule has 0 spiro atoms. The van der Waals surface area contributed by atoms with Crippen LogP contribution in [0.1, 0.15) is 17.7 Å². The molecule has 0 bridgehead atoms. The van der Waals surface area contributed by atoms with Crippen molar-refractivity contribution in [2.75, 3.05) is 0 Å². The van der Waals surface area contributed by atoms with Crippen LogP contribution in [0.3, 0.4) is 0 Å². The van der Waals surface area contributed by atoms with Gasteiger partial charge in [-0.2, -0.15) is 0 Å². The predicted octanol–water partition coefficient (Wildman–Crippen LogP) is 2.41. The van der Waals surface area contributed by atoms with Crippen molar-refractivity contribution in [1.82, 2.24) is 4.72 Å². The minimum absolute atomic E-state index is 0.151. The lowest BCUT2D eigenvalue weighted by atomic mass is 9.92. The number of thiophene rings is 1. The van der Waals surface area contributed by atoms with Crippen molar-refractivity contribution in [3.63, 3.8) is 0 Å². The van der Waals surface area contributed by atoms with E-state index in [4.69, 9.17) is 16.7 Å². The molecule has 0 radical (unpaired) electrons. The first-order valence-corrected chi connectivity index (χ1v) is 8.65. The first-order valence-electron chi connectivity index (χ1n) is 5.97. The van der Waals surface area contributed by atoms with Crippen molar-refractivity contribution in [2.45, 2.75) is 30.7 Å². The van der Waals surface area contributed by atoms with Crippen LogP contribution in [0.2, 0.25) is 4.34 Å². The van der Waals surface area contributed by atoms with Gasteiger partial charge in [-0.3, -0.25) is 4.79 Å². The molecule has 0 aromatic carbocycles. The van der Waals surface area contributed by atoms with Crippen molar-refractivity contribution in [3.05, 3.63) is 27.4 Å². The summed E-state index contributed by atoms with van der Waals surface area (Å²) >= 11 is 7.01. The average Bonchev–Trinajstić information content (AvgIpc) is 2.69. The van der Waals surface area contributed by atoms with E-state index in [0.29, 0.717) is 15.6 Å². The third kappa shape index (κ3) is 3.41. The van der Waals surface area contributed by atoms with Gasteiger partial charge in [-0.05, 0) is 25.8 Å². The summed E-state index contributed by atoms with van der Waals surface area (Å²) in [5.74, 6) is -1.46. The Labute approximate surface area is 126 Å². The summed E-state index contributed by atoms with van der Waals surface area (Å²) in [6, 6.07) is 0.901. The van der Waals surface area contributed by atoms with Crippen molar-refractivity contribution in [2.24, 2.45) is 5.92 Å². The van der Waals surface area contributed by atoms with E-state index >= 15 is 0 Å².